The first kappa shape index (κ1) is 9.28. The summed E-state index contributed by atoms with van der Waals surface area (Å²) in [6, 6.07) is 6.10. The van der Waals surface area contributed by atoms with Crippen molar-refractivity contribution in [2.24, 2.45) is 0 Å². The van der Waals surface area contributed by atoms with E-state index in [2.05, 4.69) is 18.0 Å². The van der Waals surface area contributed by atoms with E-state index in [0.29, 0.717) is 0 Å². The molecular formula is C12H15NO. The van der Waals surface area contributed by atoms with E-state index < -0.39 is 5.60 Å². The lowest BCUT2D eigenvalue weighted by Crippen LogP contribution is -2.14. The monoisotopic (exact) mass is 189 g/mol. The lowest BCUT2D eigenvalue weighted by molar-refractivity contribution is 0.0802. The highest BCUT2D eigenvalue weighted by Gasteiger charge is 2.20. The molecular weight excluding hydrogens is 174 g/mol. The van der Waals surface area contributed by atoms with E-state index in [4.69, 9.17) is 0 Å². The molecule has 2 aromatic rings. The zero-order valence-corrected chi connectivity index (χ0v) is 8.76. The van der Waals surface area contributed by atoms with Crippen LogP contribution in [0.15, 0.2) is 24.4 Å². The molecule has 0 fully saturated rings. The van der Waals surface area contributed by atoms with Crippen molar-refractivity contribution >= 4 is 10.9 Å². The summed E-state index contributed by atoms with van der Waals surface area (Å²) in [5.41, 5.74) is 2.46. The van der Waals surface area contributed by atoms with Crippen molar-refractivity contribution in [3.05, 3.63) is 35.5 Å². The Morgan fingerprint density at radius 2 is 2.00 bits per heavy atom. The largest absolute Gasteiger partial charge is 0.386 e. The van der Waals surface area contributed by atoms with Crippen LogP contribution >= 0.6 is 0 Å². The third kappa shape index (κ3) is 1.32. The third-order valence-corrected chi connectivity index (χ3v) is 2.57. The molecule has 0 aliphatic rings. The number of hydrogen-bond donors (Lipinski definition) is 2. The summed E-state index contributed by atoms with van der Waals surface area (Å²) in [5.74, 6) is 0. The Morgan fingerprint density at radius 3 is 2.64 bits per heavy atom. The van der Waals surface area contributed by atoms with Crippen molar-refractivity contribution in [2.75, 3.05) is 0 Å². The predicted octanol–water partition coefficient (Wildman–Crippen LogP) is 2.70. The van der Waals surface area contributed by atoms with Crippen LogP contribution in [-0.2, 0) is 5.60 Å². The fourth-order valence-electron chi connectivity index (χ4n) is 1.85. The topological polar surface area (TPSA) is 36.0 Å². The number of aryl methyl sites for hydroxylation is 1. The highest BCUT2D eigenvalue weighted by molar-refractivity contribution is 5.87. The first-order chi connectivity index (χ1) is 6.50. The summed E-state index contributed by atoms with van der Waals surface area (Å²) in [6.07, 6.45) is 1.89. The summed E-state index contributed by atoms with van der Waals surface area (Å²) in [4.78, 5) is 3.18. The molecule has 1 aromatic heterocycles. The first-order valence-corrected chi connectivity index (χ1v) is 4.79. The van der Waals surface area contributed by atoms with Gasteiger partial charge in [-0.15, -0.1) is 0 Å². The normalized spacial score (nSPS) is 12.3. The lowest BCUT2D eigenvalue weighted by Gasteiger charge is -2.16. The van der Waals surface area contributed by atoms with Gasteiger partial charge < -0.3 is 10.1 Å². The summed E-state index contributed by atoms with van der Waals surface area (Å²) in [7, 11) is 0. The van der Waals surface area contributed by atoms with E-state index in [1.54, 1.807) is 0 Å². The number of aliphatic hydroxyl groups is 1. The number of benzene rings is 1. The van der Waals surface area contributed by atoms with E-state index in [9.17, 15) is 5.11 Å². The molecule has 0 saturated carbocycles. The molecule has 0 aliphatic heterocycles. The van der Waals surface area contributed by atoms with Crippen molar-refractivity contribution in [2.45, 2.75) is 26.4 Å². The van der Waals surface area contributed by atoms with Crippen LogP contribution in [0.25, 0.3) is 10.9 Å². The quantitative estimate of drug-likeness (QED) is 0.711. The average molecular weight is 189 g/mol. The highest BCUT2D eigenvalue weighted by atomic mass is 16.3. The van der Waals surface area contributed by atoms with Crippen LogP contribution in [0.3, 0.4) is 0 Å². The van der Waals surface area contributed by atoms with Crippen LogP contribution in [-0.4, -0.2) is 10.1 Å². The molecule has 1 aromatic carbocycles. The molecule has 2 rings (SSSR count). The molecule has 0 spiro atoms. The Morgan fingerprint density at radius 1 is 1.29 bits per heavy atom. The SMILES string of the molecule is Cc1cccc2[nH]cc(C(C)(C)O)c12. The van der Waals surface area contributed by atoms with Gasteiger partial charge in [-0.3, -0.25) is 0 Å². The Labute approximate surface area is 83.6 Å². The third-order valence-electron chi connectivity index (χ3n) is 2.57. The van der Waals surface area contributed by atoms with Gasteiger partial charge in [0.2, 0.25) is 0 Å². The van der Waals surface area contributed by atoms with Gasteiger partial charge in [0.1, 0.15) is 0 Å². The number of aromatic amines is 1. The van der Waals surface area contributed by atoms with Gasteiger partial charge in [-0.1, -0.05) is 12.1 Å². The number of fused-ring (bicyclic) bond motifs is 1. The van der Waals surface area contributed by atoms with Gasteiger partial charge in [0.15, 0.2) is 0 Å². The predicted molar refractivity (Wildman–Crippen MR) is 58.3 cm³/mol. The highest BCUT2D eigenvalue weighted by Crippen LogP contribution is 2.30. The minimum atomic E-state index is -0.787. The van der Waals surface area contributed by atoms with Crippen LogP contribution in [0.5, 0.6) is 0 Å². The number of hydrogen-bond acceptors (Lipinski definition) is 1. The molecule has 2 nitrogen and oxygen atoms in total. The van der Waals surface area contributed by atoms with Crippen molar-refractivity contribution in [3.63, 3.8) is 0 Å². The molecule has 74 valence electrons. The van der Waals surface area contributed by atoms with E-state index in [0.717, 1.165) is 16.5 Å². The van der Waals surface area contributed by atoms with E-state index in [1.165, 1.54) is 5.56 Å². The second-order valence-corrected chi connectivity index (χ2v) is 4.26. The Balaban J connectivity index is 2.80. The molecule has 0 unspecified atom stereocenters. The minimum absolute atomic E-state index is 0.787. The van der Waals surface area contributed by atoms with E-state index in [-0.39, 0.29) is 0 Å². The van der Waals surface area contributed by atoms with E-state index >= 15 is 0 Å². The fourth-order valence-corrected chi connectivity index (χ4v) is 1.85. The summed E-state index contributed by atoms with van der Waals surface area (Å²) >= 11 is 0. The minimum Gasteiger partial charge on any atom is -0.386 e. The van der Waals surface area contributed by atoms with Crippen molar-refractivity contribution < 1.29 is 5.11 Å². The molecule has 0 amide bonds. The Hall–Kier alpha value is -1.28. The standard InChI is InChI=1S/C12H15NO/c1-8-5-4-6-10-11(8)9(7-13-10)12(2,3)14/h4-7,13-14H,1-3H3. The van der Waals surface area contributed by atoms with Gasteiger partial charge >= 0.3 is 0 Å². The van der Waals surface area contributed by atoms with Crippen LogP contribution in [0.2, 0.25) is 0 Å². The van der Waals surface area contributed by atoms with Gasteiger partial charge in [0.25, 0.3) is 0 Å². The van der Waals surface area contributed by atoms with Gasteiger partial charge in [0.05, 0.1) is 5.60 Å². The number of H-pyrrole nitrogens is 1. The summed E-state index contributed by atoms with van der Waals surface area (Å²) < 4.78 is 0. The summed E-state index contributed by atoms with van der Waals surface area (Å²) in [5, 5.41) is 11.1. The first-order valence-electron chi connectivity index (χ1n) is 4.79. The van der Waals surface area contributed by atoms with Gasteiger partial charge in [-0.2, -0.15) is 0 Å². The van der Waals surface area contributed by atoms with Crippen molar-refractivity contribution in [3.8, 4) is 0 Å². The van der Waals surface area contributed by atoms with Crippen LogP contribution < -0.4 is 0 Å². The maximum absolute atomic E-state index is 9.98. The zero-order chi connectivity index (χ0) is 10.3. The molecule has 0 saturated heterocycles. The Bertz CT molecular complexity index is 463. The number of nitrogens with one attached hydrogen (secondary N) is 1. The average Bonchev–Trinajstić information content (AvgIpc) is 2.47. The molecule has 2 N–H and O–H groups in total. The van der Waals surface area contributed by atoms with E-state index in [1.807, 2.05) is 32.2 Å². The molecule has 0 aliphatic carbocycles. The van der Waals surface area contributed by atoms with Crippen LogP contribution in [0.4, 0.5) is 0 Å². The van der Waals surface area contributed by atoms with Crippen LogP contribution in [0.1, 0.15) is 25.0 Å². The summed E-state index contributed by atoms with van der Waals surface area (Å²) in [6.45, 7) is 5.68. The van der Waals surface area contributed by atoms with Crippen LogP contribution in [0, 0.1) is 6.92 Å². The maximum atomic E-state index is 9.98. The second kappa shape index (κ2) is 2.85. The molecule has 0 atom stereocenters. The molecule has 0 bridgehead atoms. The molecule has 2 heteroatoms. The molecule has 0 radical (unpaired) electrons. The maximum Gasteiger partial charge on any atom is 0.0861 e. The van der Waals surface area contributed by atoms with Gasteiger partial charge in [-0.05, 0) is 32.4 Å². The fraction of sp³-hybridized carbons (Fsp3) is 0.333. The lowest BCUT2D eigenvalue weighted by atomic mass is 9.96. The second-order valence-electron chi connectivity index (χ2n) is 4.26. The molecule has 1 heterocycles. The number of aromatic nitrogens is 1. The van der Waals surface area contributed by atoms with Crippen molar-refractivity contribution in [1.29, 1.82) is 0 Å². The smallest absolute Gasteiger partial charge is 0.0861 e. The number of rotatable bonds is 1. The van der Waals surface area contributed by atoms with Gasteiger partial charge in [0, 0.05) is 22.7 Å². The van der Waals surface area contributed by atoms with Crippen molar-refractivity contribution in [1.82, 2.24) is 4.98 Å². The zero-order valence-electron chi connectivity index (χ0n) is 8.76. The molecule has 14 heavy (non-hydrogen) atoms. The van der Waals surface area contributed by atoms with Gasteiger partial charge in [-0.25, -0.2) is 0 Å². The Kier molecular flexibility index (Phi) is 1.89.